The van der Waals surface area contributed by atoms with E-state index in [1.807, 2.05) is 13.0 Å². The molecule has 13 heavy (non-hydrogen) atoms. The van der Waals surface area contributed by atoms with Gasteiger partial charge in [0.25, 0.3) is 0 Å². The molecule has 70 valence electrons. The van der Waals surface area contributed by atoms with Gasteiger partial charge in [0, 0.05) is 18.2 Å². The van der Waals surface area contributed by atoms with Gasteiger partial charge >= 0.3 is 0 Å². The third-order valence-corrected chi connectivity index (χ3v) is 2.24. The molecule has 3 nitrogen and oxygen atoms in total. The zero-order valence-electron chi connectivity index (χ0n) is 7.82. The Morgan fingerprint density at radius 2 is 2.46 bits per heavy atom. The van der Waals surface area contributed by atoms with E-state index in [2.05, 4.69) is 4.98 Å². The third kappa shape index (κ3) is 1.52. The monoisotopic (exact) mass is 179 g/mol. The zero-order valence-corrected chi connectivity index (χ0v) is 7.82. The molecule has 2 unspecified atom stereocenters. The summed E-state index contributed by atoms with van der Waals surface area (Å²) in [6.07, 6.45) is 2.32. The van der Waals surface area contributed by atoms with Crippen LogP contribution in [0.2, 0.25) is 0 Å². The lowest BCUT2D eigenvalue weighted by Crippen LogP contribution is -2.05. The van der Waals surface area contributed by atoms with Crippen molar-refractivity contribution < 1.29 is 9.84 Å². The molecule has 1 aromatic heterocycles. The first-order valence-corrected chi connectivity index (χ1v) is 4.50. The maximum atomic E-state index is 9.33. The molecule has 0 amide bonds. The van der Waals surface area contributed by atoms with Crippen molar-refractivity contribution in [2.75, 3.05) is 0 Å². The Hall–Kier alpha value is -1.09. The number of aromatic nitrogens is 1. The first-order chi connectivity index (χ1) is 6.16. The predicted molar refractivity (Wildman–Crippen MR) is 48.7 cm³/mol. The van der Waals surface area contributed by atoms with E-state index in [9.17, 15) is 5.11 Å². The van der Waals surface area contributed by atoms with Gasteiger partial charge in [-0.15, -0.1) is 0 Å². The molecule has 0 fully saturated rings. The summed E-state index contributed by atoms with van der Waals surface area (Å²) in [6.45, 7) is 3.74. The van der Waals surface area contributed by atoms with Gasteiger partial charge in [0.15, 0.2) is 0 Å². The summed E-state index contributed by atoms with van der Waals surface area (Å²) < 4.78 is 5.52. The number of ether oxygens (including phenoxy) is 1. The second kappa shape index (κ2) is 3.00. The number of hydrogen-bond acceptors (Lipinski definition) is 3. The SMILES string of the molecule is CC1Cc2ncc(C(C)O)cc2O1. The number of pyridine rings is 1. The van der Waals surface area contributed by atoms with Crippen LogP contribution in [-0.4, -0.2) is 16.2 Å². The molecule has 1 aromatic rings. The summed E-state index contributed by atoms with van der Waals surface area (Å²) in [4.78, 5) is 4.25. The van der Waals surface area contributed by atoms with Crippen LogP contribution >= 0.6 is 0 Å². The smallest absolute Gasteiger partial charge is 0.141 e. The highest BCUT2D eigenvalue weighted by Crippen LogP contribution is 2.29. The molecule has 0 saturated carbocycles. The average Bonchev–Trinajstić information content (AvgIpc) is 2.42. The summed E-state index contributed by atoms with van der Waals surface area (Å²) in [5, 5.41) is 9.33. The number of rotatable bonds is 1. The minimum absolute atomic E-state index is 0.215. The van der Waals surface area contributed by atoms with Crippen molar-refractivity contribution >= 4 is 0 Å². The van der Waals surface area contributed by atoms with Gasteiger partial charge in [-0.25, -0.2) is 0 Å². The van der Waals surface area contributed by atoms with E-state index < -0.39 is 6.10 Å². The molecule has 0 saturated heterocycles. The molecule has 1 aliphatic heterocycles. The van der Waals surface area contributed by atoms with Gasteiger partial charge in [0.1, 0.15) is 11.9 Å². The lowest BCUT2D eigenvalue weighted by molar-refractivity contribution is 0.197. The molecule has 0 spiro atoms. The van der Waals surface area contributed by atoms with Gasteiger partial charge in [-0.2, -0.15) is 0 Å². The normalized spacial score (nSPS) is 22.2. The van der Waals surface area contributed by atoms with E-state index in [1.54, 1.807) is 13.1 Å². The van der Waals surface area contributed by atoms with Crippen molar-refractivity contribution in [3.63, 3.8) is 0 Å². The molecule has 2 rings (SSSR count). The van der Waals surface area contributed by atoms with E-state index >= 15 is 0 Å². The molecule has 2 heterocycles. The van der Waals surface area contributed by atoms with Gasteiger partial charge in [0.05, 0.1) is 11.8 Å². The van der Waals surface area contributed by atoms with Crippen LogP contribution < -0.4 is 4.74 Å². The van der Waals surface area contributed by atoms with E-state index in [1.165, 1.54) is 0 Å². The van der Waals surface area contributed by atoms with Crippen molar-refractivity contribution in [1.29, 1.82) is 0 Å². The van der Waals surface area contributed by atoms with Gasteiger partial charge in [-0.05, 0) is 19.9 Å². The Morgan fingerprint density at radius 1 is 1.69 bits per heavy atom. The number of fused-ring (bicyclic) bond motifs is 1. The Kier molecular flexibility index (Phi) is 1.96. The molecule has 3 heteroatoms. The lowest BCUT2D eigenvalue weighted by Gasteiger charge is -2.06. The summed E-state index contributed by atoms with van der Waals surface area (Å²) in [7, 11) is 0. The van der Waals surface area contributed by atoms with Crippen LogP contribution in [0.1, 0.15) is 31.2 Å². The molecule has 0 aromatic carbocycles. The zero-order chi connectivity index (χ0) is 9.42. The predicted octanol–water partition coefficient (Wildman–Crippen LogP) is 1.46. The highest BCUT2D eigenvalue weighted by Gasteiger charge is 2.20. The van der Waals surface area contributed by atoms with Crippen molar-refractivity contribution in [3.05, 3.63) is 23.5 Å². The quantitative estimate of drug-likeness (QED) is 0.709. The molecule has 1 aliphatic rings. The lowest BCUT2D eigenvalue weighted by atomic mass is 10.1. The molecular formula is C10H13NO2. The van der Waals surface area contributed by atoms with Crippen LogP contribution in [0, 0.1) is 0 Å². The summed E-state index contributed by atoms with van der Waals surface area (Å²) in [5.74, 6) is 0.825. The van der Waals surface area contributed by atoms with Crippen LogP contribution in [0.4, 0.5) is 0 Å². The first kappa shape index (κ1) is 8.51. The van der Waals surface area contributed by atoms with E-state index in [0.717, 1.165) is 23.4 Å². The van der Waals surface area contributed by atoms with Crippen LogP contribution in [0.25, 0.3) is 0 Å². The van der Waals surface area contributed by atoms with Crippen molar-refractivity contribution in [1.82, 2.24) is 4.98 Å². The van der Waals surface area contributed by atoms with Crippen molar-refractivity contribution in [2.45, 2.75) is 32.5 Å². The van der Waals surface area contributed by atoms with E-state index in [0.29, 0.717) is 0 Å². The molecule has 2 atom stereocenters. The molecular weight excluding hydrogens is 166 g/mol. The highest BCUT2D eigenvalue weighted by atomic mass is 16.5. The van der Waals surface area contributed by atoms with Gasteiger partial charge in [-0.1, -0.05) is 0 Å². The maximum Gasteiger partial charge on any atom is 0.141 e. The van der Waals surface area contributed by atoms with Crippen LogP contribution in [0.15, 0.2) is 12.3 Å². The van der Waals surface area contributed by atoms with Gasteiger partial charge in [0.2, 0.25) is 0 Å². The number of aliphatic hydroxyl groups is 1. The molecule has 0 radical (unpaired) electrons. The van der Waals surface area contributed by atoms with E-state index in [-0.39, 0.29) is 6.10 Å². The largest absolute Gasteiger partial charge is 0.488 e. The van der Waals surface area contributed by atoms with Gasteiger partial charge in [-0.3, -0.25) is 4.98 Å². The fourth-order valence-electron chi connectivity index (χ4n) is 1.50. The molecule has 0 bridgehead atoms. The Bertz CT molecular complexity index is 323. The average molecular weight is 179 g/mol. The van der Waals surface area contributed by atoms with Crippen LogP contribution in [0.3, 0.4) is 0 Å². The maximum absolute atomic E-state index is 9.33. The summed E-state index contributed by atoms with van der Waals surface area (Å²) >= 11 is 0. The Balaban J connectivity index is 2.35. The topological polar surface area (TPSA) is 42.4 Å². The van der Waals surface area contributed by atoms with Crippen molar-refractivity contribution in [2.24, 2.45) is 0 Å². The number of nitrogens with zero attached hydrogens (tertiary/aromatic N) is 1. The van der Waals surface area contributed by atoms with E-state index in [4.69, 9.17) is 4.74 Å². The fraction of sp³-hybridized carbons (Fsp3) is 0.500. The second-order valence-corrected chi connectivity index (χ2v) is 3.52. The number of aliphatic hydroxyl groups excluding tert-OH is 1. The fourth-order valence-corrected chi connectivity index (χ4v) is 1.50. The number of hydrogen-bond donors (Lipinski definition) is 1. The highest BCUT2D eigenvalue weighted by molar-refractivity contribution is 5.35. The Labute approximate surface area is 77.4 Å². The van der Waals surface area contributed by atoms with Crippen LogP contribution in [0.5, 0.6) is 5.75 Å². The Morgan fingerprint density at radius 3 is 3.15 bits per heavy atom. The summed E-state index contributed by atoms with van der Waals surface area (Å²) in [5.41, 5.74) is 1.81. The van der Waals surface area contributed by atoms with Gasteiger partial charge < -0.3 is 9.84 Å². The minimum atomic E-state index is -0.475. The molecule has 0 aliphatic carbocycles. The second-order valence-electron chi connectivity index (χ2n) is 3.52. The molecule has 1 N–H and O–H groups in total. The summed E-state index contributed by atoms with van der Waals surface area (Å²) in [6, 6.07) is 1.87. The van der Waals surface area contributed by atoms with Crippen molar-refractivity contribution in [3.8, 4) is 5.75 Å². The third-order valence-electron chi connectivity index (χ3n) is 2.24. The standard InChI is InChI=1S/C10H13NO2/c1-6-3-9-10(13-6)4-8(5-11-9)7(2)12/h4-7,12H,3H2,1-2H3. The first-order valence-electron chi connectivity index (χ1n) is 4.50. The van der Waals surface area contributed by atoms with Crippen LogP contribution in [-0.2, 0) is 6.42 Å². The minimum Gasteiger partial charge on any atom is -0.488 e.